The fourth-order valence-electron chi connectivity index (χ4n) is 3.66. The summed E-state index contributed by atoms with van der Waals surface area (Å²) >= 11 is 6.04. The summed E-state index contributed by atoms with van der Waals surface area (Å²) in [5.41, 5.74) is 2.83. The Morgan fingerprint density at radius 2 is 1.93 bits per heavy atom. The van der Waals surface area contributed by atoms with Crippen LogP contribution in [0.15, 0.2) is 35.4 Å². The van der Waals surface area contributed by atoms with Gasteiger partial charge in [-0.05, 0) is 38.5 Å². The highest BCUT2D eigenvalue weighted by molar-refractivity contribution is 6.29. The molecule has 8 nitrogen and oxygen atoms in total. The Morgan fingerprint density at radius 3 is 2.69 bits per heavy atom. The lowest BCUT2D eigenvalue weighted by Crippen LogP contribution is -2.27. The molecule has 4 heterocycles. The first-order valence-electron chi connectivity index (χ1n) is 9.51. The van der Waals surface area contributed by atoms with Crippen molar-refractivity contribution in [3.63, 3.8) is 0 Å². The summed E-state index contributed by atoms with van der Waals surface area (Å²) in [6, 6.07) is 5.44. The lowest BCUT2D eigenvalue weighted by atomic mass is 10.3. The number of unbranched alkanes of at least 4 members (excludes halogenated alkanes) is 1. The van der Waals surface area contributed by atoms with E-state index in [1.807, 2.05) is 30.5 Å². The molecule has 0 unspecified atom stereocenters. The van der Waals surface area contributed by atoms with Crippen molar-refractivity contribution in [1.29, 1.82) is 0 Å². The third-order valence-electron chi connectivity index (χ3n) is 4.94. The van der Waals surface area contributed by atoms with E-state index in [0.29, 0.717) is 36.0 Å². The molecule has 0 amide bonds. The van der Waals surface area contributed by atoms with E-state index < -0.39 is 0 Å². The Kier molecular flexibility index (Phi) is 5.19. The predicted octanol–water partition coefficient (Wildman–Crippen LogP) is 3.20. The number of halogens is 1. The van der Waals surface area contributed by atoms with Crippen LogP contribution in [-0.2, 0) is 17.9 Å². The average Bonchev–Trinajstić information content (AvgIpc) is 3.17. The largest absolute Gasteiger partial charge is 0.329 e. The molecular formula is C20H21ClN6O2. The van der Waals surface area contributed by atoms with Crippen molar-refractivity contribution in [3.8, 4) is 0 Å². The molecule has 0 N–H and O–H groups in total. The van der Waals surface area contributed by atoms with Crippen molar-refractivity contribution in [3.05, 3.63) is 52.1 Å². The topological polar surface area (TPSA) is 87.6 Å². The molecule has 0 fully saturated rings. The Morgan fingerprint density at radius 1 is 1.10 bits per heavy atom. The number of rotatable bonds is 7. The van der Waals surface area contributed by atoms with Gasteiger partial charge in [-0.2, -0.15) is 0 Å². The number of nitrogens with zero attached hydrogens (tertiary/aromatic N) is 6. The number of hydrogen-bond acceptors (Lipinski definition) is 5. The van der Waals surface area contributed by atoms with Crippen LogP contribution in [-0.4, -0.2) is 34.9 Å². The molecule has 4 rings (SSSR count). The van der Waals surface area contributed by atoms with E-state index in [-0.39, 0.29) is 18.3 Å². The van der Waals surface area contributed by atoms with Crippen molar-refractivity contribution in [1.82, 2.24) is 28.7 Å². The third-order valence-corrected chi connectivity index (χ3v) is 5.15. The smallest absolute Gasteiger partial charge is 0.325 e. The zero-order valence-corrected chi connectivity index (χ0v) is 17.0. The summed E-state index contributed by atoms with van der Waals surface area (Å²) in [6.45, 7) is 4.83. The van der Waals surface area contributed by atoms with Gasteiger partial charge in [0.1, 0.15) is 17.3 Å². The molecule has 0 radical (unpaired) electrons. The summed E-state index contributed by atoms with van der Waals surface area (Å²) in [4.78, 5) is 37.1. The summed E-state index contributed by atoms with van der Waals surface area (Å²) in [7, 11) is 0. The number of carbonyl (C=O) groups excluding carboxylic acids is 1. The number of imidazole rings is 2. The molecule has 0 aliphatic carbocycles. The highest BCUT2D eigenvalue weighted by Gasteiger charge is 2.19. The zero-order valence-electron chi connectivity index (χ0n) is 16.2. The lowest BCUT2D eigenvalue weighted by molar-refractivity contribution is -0.107. The van der Waals surface area contributed by atoms with Gasteiger partial charge in [0.05, 0.1) is 29.3 Å². The summed E-state index contributed by atoms with van der Waals surface area (Å²) < 4.78 is 5.44. The van der Waals surface area contributed by atoms with Crippen LogP contribution in [0.2, 0.25) is 5.15 Å². The van der Waals surface area contributed by atoms with Crippen LogP contribution in [0.3, 0.4) is 0 Å². The normalized spacial score (nSPS) is 11.7. The lowest BCUT2D eigenvalue weighted by Gasteiger charge is -2.09. The van der Waals surface area contributed by atoms with Crippen molar-refractivity contribution in [2.24, 2.45) is 0 Å². The fraction of sp³-hybridized carbons (Fsp3) is 0.350. The van der Waals surface area contributed by atoms with Crippen LogP contribution < -0.4 is 5.69 Å². The molecule has 150 valence electrons. The maximum Gasteiger partial charge on any atom is 0.329 e. The van der Waals surface area contributed by atoms with E-state index in [2.05, 4.69) is 15.0 Å². The molecule has 0 bridgehead atoms. The van der Waals surface area contributed by atoms with E-state index in [4.69, 9.17) is 11.6 Å². The molecule has 29 heavy (non-hydrogen) atoms. The Hall–Kier alpha value is -3.00. The average molecular weight is 413 g/mol. The minimum atomic E-state index is -0.111. The first kappa shape index (κ1) is 19.3. The molecule has 0 aromatic carbocycles. The van der Waals surface area contributed by atoms with Gasteiger partial charge in [0.15, 0.2) is 5.65 Å². The summed E-state index contributed by atoms with van der Waals surface area (Å²) in [5.74, 6) is 0.689. The van der Waals surface area contributed by atoms with Crippen LogP contribution >= 0.6 is 11.6 Å². The number of aryl methyl sites for hydroxylation is 1. The monoisotopic (exact) mass is 412 g/mol. The molecule has 4 aromatic heterocycles. The molecular weight excluding hydrogens is 392 g/mol. The van der Waals surface area contributed by atoms with E-state index in [1.54, 1.807) is 27.6 Å². The van der Waals surface area contributed by atoms with E-state index in [0.717, 1.165) is 22.8 Å². The second-order valence-electron chi connectivity index (χ2n) is 7.16. The Labute approximate surface area is 171 Å². The number of aldehydes is 1. The van der Waals surface area contributed by atoms with Crippen molar-refractivity contribution in [2.45, 2.75) is 45.8 Å². The van der Waals surface area contributed by atoms with Crippen molar-refractivity contribution in [2.75, 3.05) is 0 Å². The molecule has 0 atom stereocenters. The van der Waals surface area contributed by atoms with Gasteiger partial charge in [-0.25, -0.2) is 14.8 Å². The van der Waals surface area contributed by atoms with Gasteiger partial charge in [0.25, 0.3) is 0 Å². The van der Waals surface area contributed by atoms with Crippen molar-refractivity contribution >= 4 is 40.1 Å². The Bertz CT molecular complexity index is 1250. The summed E-state index contributed by atoms with van der Waals surface area (Å²) in [6.07, 6.45) is 5.42. The van der Waals surface area contributed by atoms with Crippen LogP contribution in [0.25, 0.3) is 22.2 Å². The Balaban J connectivity index is 1.86. The number of hydrogen-bond donors (Lipinski definition) is 0. The molecule has 0 saturated heterocycles. The molecule has 0 aliphatic rings. The van der Waals surface area contributed by atoms with Gasteiger partial charge < -0.3 is 9.36 Å². The minimum Gasteiger partial charge on any atom is -0.325 e. The van der Waals surface area contributed by atoms with Gasteiger partial charge in [-0.1, -0.05) is 11.6 Å². The third kappa shape index (κ3) is 3.44. The second kappa shape index (κ2) is 7.79. The molecule has 9 heteroatoms. The van der Waals surface area contributed by atoms with E-state index >= 15 is 0 Å². The van der Waals surface area contributed by atoms with Gasteiger partial charge in [0.2, 0.25) is 0 Å². The standard InChI is InChI=1S/C20H21ClN6O2/c1-13(2)27-14-7-8-22-11-16(14)26(20(27)29)12-18-24-19-15(5-6-17(21)23-19)25(18)9-3-4-10-28/h5-8,10-11,13H,3-4,9,12H2,1-2H3. The first-order chi connectivity index (χ1) is 14.0. The maximum absolute atomic E-state index is 13.2. The number of aromatic nitrogens is 6. The maximum atomic E-state index is 13.2. The van der Waals surface area contributed by atoms with Crippen molar-refractivity contribution < 1.29 is 4.79 Å². The predicted molar refractivity (Wildman–Crippen MR) is 111 cm³/mol. The van der Waals surface area contributed by atoms with Gasteiger partial charge in [0, 0.05) is 25.2 Å². The minimum absolute atomic E-state index is 0.0144. The molecule has 0 saturated carbocycles. The quantitative estimate of drug-likeness (QED) is 0.264. The molecule has 0 spiro atoms. The SMILES string of the molecule is CC(C)n1c(=O)n(Cc2nc3nc(Cl)ccc3n2CCCC=O)c2cnccc21. The number of fused-ring (bicyclic) bond motifs is 2. The highest BCUT2D eigenvalue weighted by atomic mass is 35.5. The zero-order chi connectivity index (χ0) is 20.5. The number of pyridine rings is 2. The van der Waals surface area contributed by atoms with Gasteiger partial charge in [-0.15, -0.1) is 0 Å². The summed E-state index contributed by atoms with van der Waals surface area (Å²) in [5, 5.41) is 0.361. The van der Waals surface area contributed by atoms with Crippen LogP contribution in [0.5, 0.6) is 0 Å². The molecule has 0 aliphatic heterocycles. The highest BCUT2D eigenvalue weighted by Crippen LogP contribution is 2.21. The number of carbonyl (C=O) groups is 1. The second-order valence-corrected chi connectivity index (χ2v) is 7.55. The van der Waals surface area contributed by atoms with Gasteiger partial charge in [-0.3, -0.25) is 14.1 Å². The van der Waals surface area contributed by atoms with Crippen LogP contribution in [0.4, 0.5) is 0 Å². The first-order valence-corrected chi connectivity index (χ1v) is 9.89. The molecule has 4 aromatic rings. The van der Waals surface area contributed by atoms with Crippen LogP contribution in [0, 0.1) is 0 Å². The van der Waals surface area contributed by atoms with E-state index in [1.165, 1.54) is 0 Å². The van der Waals surface area contributed by atoms with Crippen LogP contribution in [0.1, 0.15) is 38.6 Å². The fourth-order valence-corrected chi connectivity index (χ4v) is 3.80. The van der Waals surface area contributed by atoms with E-state index in [9.17, 15) is 9.59 Å². The van der Waals surface area contributed by atoms with Gasteiger partial charge >= 0.3 is 5.69 Å².